The van der Waals surface area contributed by atoms with Crippen LogP contribution in [0.5, 0.6) is 5.75 Å². The molecule has 1 fully saturated rings. The normalized spacial score (nSPS) is 16.8. The Bertz CT molecular complexity index is 652. The maximum absolute atomic E-state index is 12.1. The fourth-order valence-corrected chi connectivity index (χ4v) is 3.65. The third-order valence-electron chi connectivity index (χ3n) is 4.17. The number of sulfonamides is 1. The summed E-state index contributed by atoms with van der Waals surface area (Å²) >= 11 is 0. The summed E-state index contributed by atoms with van der Waals surface area (Å²) in [7, 11) is -3.14. The van der Waals surface area contributed by atoms with Gasteiger partial charge < -0.3 is 10.1 Å². The lowest BCUT2D eigenvalue weighted by atomic mass is 9.97. The lowest BCUT2D eigenvalue weighted by Crippen LogP contribution is -2.42. The van der Waals surface area contributed by atoms with Crippen molar-refractivity contribution >= 4 is 15.9 Å². The summed E-state index contributed by atoms with van der Waals surface area (Å²) in [4.78, 5) is 12.1. The predicted molar refractivity (Wildman–Crippen MR) is 93.4 cm³/mol. The molecule has 7 heteroatoms. The monoisotopic (exact) mass is 354 g/mol. The summed E-state index contributed by atoms with van der Waals surface area (Å²) in [5.74, 6) is 0.758. The third kappa shape index (κ3) is 5.79. The van der Waals surface area contributed by atoms with Crippen molar-refractivity contribution in [2.75, 3.05) is 32.5 Å². The molecule has 1 aromatic rings. The highest BCUT2D eigenvalue weighted by atomic mass is 32.2. The number of carbonyl (C=O) groups excluding carboxylic acids is 1. The third-order valence-corrected chi connectivity index (χ3v) is 5.48. The van der Waals surface area contributed by atoms with Gasteiger partial charge in [-0.3, -0.25) is 4.79 Å². The smallest absolute Gasteiger partial charge is 0.223 e. The van der Waals surface area contributed by atoms with Gasteiger partial charge in [-0.25, -0.2) is 12.7 Å². The second-order valence-corrected chi connectivity index (χ2v) is 8.23. The number of rotatable bonds is 7. The van der Waals surface area contributed by atoms with Crippen LogP contribution in [0.15, 0.2) is 24.3 Å². The van der Waals surface area contributed by atoms with E-state index >= 15 is 0 Å². The number of benzene rings is 1. The Hall–Kier alpha value is -1.60. The molecule has 1 aliphatic heterocycles. The van der Waals surface area contributed by atoms with Gasteiger partial charge in [0.05, 0.1) is 12.9 Å². The van der Waals surface area contributed by atoms with Crippen LogP contribution in [0.25, 0.3) is 0 Å². The van der Waals surface area contributed by atoms with E-state index in [0.717, 1.165) is 17.7 Å². The van der Waals surface area contributed by atoms with E-state index < -0.39 is 10.0 Å². The molecule has 0 aromatic heterocycles. The van der Waals surface area contributed by atoms with Gasteiger partial charge in [0.25, 0.3) is 0 Å². The Morgan fingerprint density at radius 2 is 2.04 bits per heavy atom. The van der Waals surface area contributed by atoms with E-state index in [1.54, 1.807) is 0 Å². The zero-order valence-electron chi connectivity index (χ0n) is 14.3. The summed E-state index contributed by atoms with van der Waals surface area (Å²) in [6.45, 7) is 3.98. The van der Waals surface area contributed by atoms with Gasteiger partial charge in [-0.1, -0.05) is 12.1 Å². The first-order chi connectivity index (χ1) is 11.4. The summed E-state index contributed by atoms with van der Waals surface area (Å²) in [5, 5.41) is 2.92. The molecule has 24 heavy (non-hydrogen) atoms. The molecular formula is C17H26N2O4S. The second-order valence-electron chi connectivity index (χ2n) is 6.25. The Kier molecular flexibility index (Phi) is 6.62. The van der Waals surface area contributed by atoms with Gasteiger partial charge in [0.2, 0.25) is 15.9 Å². The summed E-state index contributed by atoms with van der Waals surface area (Å²) in [5.41, 5.74) is 1.15. The topological polar surface area (TPSA) is 75.7 Å². The standard InChI is InChI=1S/C17H26N2O4S/c1-14-5-3-6-16(13-14)23-12-4-9-18-17(20)15-7-10-19(11-8-15)24(2,21)22/h3,5-6,13,15H,4,7-12H2,1-2H3,(H,18,20). The van der Waals surface area contributed by atoms with Crippen molar-refractivity contribution in [2.24, 2.45) is 5.92 Å². The molecule has 0 saturated carbocycles. The second kappa shape index (κ2) is 8.48. The molecule has 0 bridgehead atoms. The minimum Gasteiger partial charge on any atom is -0.494 e. The zero-order valence-corrected chi connectivity index (χ0v) is 15.1. The number of hydrogen-bond donors (Lipinski definition) is 1. The quantitative estimate of drug-likeness (QED) is 0.754. The first-order valence-corrected chi connectivity index (χ1v) is 10.1. The fourth-order valence-electron chi connectivity index (χ4n) is 2.77. The van der Waals surface area contributed by atoms with Crippen molar-refractivity contribution in [3.8, 4) is 5.75 Å². The Labute approximate surface area is 144 Å². The number of hydrogen-bond acceptors (Lipinski definition) is 4. The number of nitrogens with zero attached hydrogens (tertiary/aromatic N) is 1. The molecule has 134 valence electrons. The van der Waals surface area contributed by atoms with Crippen LogP contribution in [0, 0.1) is 12.8 Å². The van der Waals surface area contributed by atoms with Gasteiger partial charge in [0.15, 0.2) is 0 Å². The lowest BCUT2D eigenvalue weighted by molar-refractivity contribution is -0.126. The van der Waals surface area contributed by atoms with Gasteiger partial charge in [-0.15, -0.1) is 0 Å². The molecule has 0 atom stereocenters. The molecule has 1 N–H and O–H groups in total. The molecular weight excluding hydrogens is 328 g/mol. The number of amides is 1. The molecule has 1 aliphatic rings. The van der Waals surface area contributed by atoms with E-state index in [1.807, 2.05) is 31.2 Å². The maximum Gasteiger partial charge on any atom is 0.223 e. The van der Waals surface area contributed by atoms with Crippen LogP contribution in [-0.2, 0) is 14.8 Å². The van der Waals surface area contributed by atoms with Crippen molar-refractivity contribution in [1.82, 2.24) is 9.62 Å². The van der Waals surface area contributed by atoms with Crippen LogP contribution in [0.2, 0.25) is 0 Å². The van der Waals surface area contributed by atoms with E-state index in [-0.39, 0.29) is 11.8 Å². The highest BCUT2D eigenvalue weighted by molar-refractivity contribution is 7.88. The van der Waals surface area contributed by atoms with Crippen LogP contribution in [0.3, 0.4) is 0 Å². The van der Waals surface area contributed by atoms with Gasteiger partial charge in [-0.05, 0) is 43.9 Å². The Balaban J connectivity index is 1.62. The van der Waals surface area contributed by atoms with Gasteiger partial charge in [-0.2, -0.15) is 0 Å². The molecule has 0 spiro atoms. The lowest BCUT2D eigenvalue weighted by Gasteiger charge is -2.29. The molecule has 6 nitrogen and oxygen atoms in total. The SMILES string of the molecule is Cc1cccc(OCCCNC(=O)C2CCN(S(C)(=O)=O)CC2)c1. The highest BCUT2D eigenvalue weighted by Crippen LogP contribution is 2.19. The summed E-state index contributed by atoms with van der Waals surface area (Å²) in [6.07, 6.45) is 3.11. The minimum atomic E-state index is -3.14. The van der Waals surface area contributed by atoms with Crippen molar-refractivity contribution in [3.63, 3.8) is 0 Å². The average Bonchev–Trinajstić information content (AvgIpc) is 2.54. The number of carbonyl (C=O) groups is 1. The van der Waals surface area contributed by atoms with Crippen molar-refractivity contribution in [1.29, 1.82) is 0 Å². The minimum absolute atomic E-state index is 0.0127. The molecule has 0 radical (unpaired) electrons. The Morgan fingerprint density at radius 1 is 1.33 bits per heavy atom. The van der Waals surface area contributed by atoms with Crippen LogP contribution in [-0.4, -0.2) is 51.1 Å². The molecule has 2 rings (SSSR count). The number of piperidine rings is 1. The molecule has 1 amide bonds. The first kappa shape index (κ1) is 18.7. The summed E-state index contributed by atoms with van der Waals surface area (Å²) in [6, 6.07) is 7.87. The summed E-state index contributed by atoms with van der Waals surface area (Å²) < 4.78 is 30.0. The number of nitrogens with one attached hydrogen (secondary N) is 1. The van der Waals surface area contributed by atoms with E-state index in [4.69, 9.17) is 4.74 Å². The number of ether oxygens (including phenoxy) is 1. The fraction of sp³-hybridized carbons (Fsp3) is 0.588. The van der Waals surface area contributed by atoms with Crippen LogP contribution >= 0.6 is 0 Å². The first-order valence-electron chi connectivity index (χ1n) is 8.28. The van der Waals surface area contributed by atoms with Gasteiger partial charge >= 0.3 is 0 Å². The predicted octanol–water partition coefficient (Wildman–Crippen LogP) is 1.55. The van der Waals surface area contributed by atoms with Gasteiger partial charge in [0, 0.05) is 25.6 Å². The van der Waals surface area contributed by atoms with Crippen LogP contribution < -0.4 is 10.1 Å². The van der Waals surface area contributed by atoms with Crippen LogP contribution in [0.1, 0.15) is 24.8 Å². The van der Waals surface area contributed by atoms with E-state index in [1.165, 1.54) is 10.6 Å². The van der Waals surface area contributed by atoms with Crippen LogP contribution in [0.4, 0.5) is 0 Å². The average molecular weight is 354 g/mol. The molecule has 1 heterocycles. The van der Waals surface area contributed by atoms with Crippen molar-refractivity contribution in [3.05, 3.63) is 29.8 Å². The molecule has 1 aromatic carbocycles. The van der Waals surface area contributed by atoms with Gasteiger partial charge in [0.1, 0.15) is 5.75 Å². The molecule has 0 unspecified atom stereocenters. The number of aryl methyl sites for hydroxylation is 1. The molecule has 0 aliphatic carbocycles. The largest absolute Gasteiger partial charge is 0.494 e. The van der Waals surface area contributed by atoms with E-state index in [2.05, 4.69) is 5.32 Å². The van der Waals surface area contributed by atoms with E-state index in [0.29, 0.717) is 39.1 Å². The molecule has 1 saturated heterocycles. The zero-order chi connectivity index (χ0) is 17.6. The maximum atomic E-state index is 12.1. The highest BCUT2D eigenvalue weighted by Gasteiger charge is 2.28. The van der Waals surface area contributed by atoms with Crippen molar-refractivity contribution < 1.29 is 17.9 Å². The van der Waals surface area contributed by atoms with E-state index in [9.17, 15) is 13.2 Å². The van der Waals surface area contributed by atoms with Crippen molar-refractivity contribution in [2.45, 2.75) is 26.2 Å². The Morgan fingerprint density at radius 3 is 2.67 bits per heavy atom.